The normalized spacial score (nSPS) is 23.6. The molecule has 6 rings (SSSR count). The van der Waals surface area contributed by atoms with Crippen LogP contribution in [0.3, 0.4) is 0 Å². The van der Waals surface area contributed by atoms with Crippen molar-refractivity contribution in [3.05, 3.63) is 126 Å². The number of amides is 1. The van der Waals surface area contributed by atoms with Gasteiger partial charge in [0.25, 0.3) is 5.91 Å². The maximum absolute atomic E-state index is 13.7. The lowest BCUT2D eigenvalue weighted by Gasteiger charge is -2.57. The average molecular weight is 450 g/mol. The molecule has 3 atom stereocenters. The first kappa shape index (κ1) is 20.1. The third kappa shape index (κ3) is 3.25. The molecule has 4 heteroatoms. The maximum atomic E-state index is 13.7. The van der Waals surface area contributed by atoms with Gasteiger partial charge in [0.1, 0.15) is 11.3 Å². The quantitative estimate of drug-likeness (QED) is 0.328. The van der Waals surface area contributed by atoms with E-state index in [1.54, 1.807) is 0 Å². The lowest BCUT2D eigenvalue weighted by atomic mass is 9.70. The molecule has 0 saturated carbocycles. The van der Waals surface area contributed by atoms with Gasteiger partial charge in [-0.3, -0.25) is 9.69 Å². The molecular formula is C29H23NO2S. The molecule has 162 valence electrons. The highest BCUT2D eigenvalue weighted by Crippen LogP contribution is 2.59. The molecule has 0 radical (unpaired) electrons. The van der Waals surface area contributed by atoms with E-state index in [9.17, 15) is 4.79 Å². The van der Waals surface area contributed by atoms with E-state index in [-0.39, 0.29) is 11.2 Å². The monoisotopic (exact) mass is 449 g/mol. The number of ether oxygens (including phenoxy) is 1. The first-order valence-electron chi connectivity index (χ1n) is 11.2. The molecule has 2 aliphatic heterocycles. The van der Waals surface area contributed by atoms with Crippen LogP contribution in [0.4, 0.5) is 5.69 Å². The standard InChI is InChI=1S/C29H23NO2S/c31-28-27(32-23-16-8-3-9-17-23)29(22-14-6-2-7-15-22)20-26(21-12-4-1-5-13-21)33-25-19-11-10-18-24(25)30(28)29/h1-19,26-27H,20H2/t26-,27?,29-/m1/s1. The molecule has 0 spiro atoms. The second kappa shape index (κ2) is 8.13. The number of rotatable bonds is 4. The van der Waals surface area contributed by atoms with Crippen LogP contribution in [0.15, 0.2) is 120 Å². The zero-order valence-corrected chi connectivity index (χ0v) is 18.8. The van der Waals surface area contributed by atoms with Gasteiger partial charge in [0.05, 0.1) is 5.69 Å². The number of hydrogen-bond acceptors (Lipinski definition) is 3. The molecule has 1 saturated heterocycles. The number of thioether (sulfide) groups is 1. The van der Waals surface area contributed by atoms with Crippen molar-refractivity contribution < 1.29 is 9.53 Å². The predicted molar refractivity (Wildman–Crippen MR) is 133 cm³/mol. The minimum absolute atomic E-state index is 0.00414. The van der Waals surface area contributed by atoms with Crippen LogP contribution in [0.25, 0.3) is 0 Å². The lowest BCUT2D eigenvalue weighted by molar-refractivity contribution is -0.142. The lowest BCUT2D eigenvalue weighted by Crippen LogP contribution is -2.74. The fourth-order valence-electron chi connectivity index (χ4n) is 5.08. The van der Waals surface area contributed by atoms with Crippen LogP contribution >= 0.6 is 11.8 Å². The van der Waals surface area contributed by atoms with Crippen molar-refractivity contribution in [1.29, 1.82) is 0 Å². The molecule has 1 amide bonds. The third-order valence-electron chi connectivity index (χ3n) is 6.59. The second-order valence-corrected chi connectivity index (χ2v) is 9.71. The highest BCUT2D eigenvalue weighted by Gasteiger charge is 2.65. The first-order chi connectivity index (χ1) is 16.3. The molecule has 33 heavy (non-hydrogen) atoms. The average Bonchev–Trinajstić information content (AvgIpc) is 3.02. The Hall–Kier alpha value is -3.50. The van der Waals surface area contributed by atoms with Gasteiger partial charge in [-0.05, 0) is 41.8 Å². The number of β-lactam (4-membered cyclic amide) rings is 1. The van der Waals surface area contributed by atoms with Crippen molar-refractivity contribution in [3.63, 3.8) is 0 Å². The van der Waals surface area contributed by atoms with Gasteiger partial charge in [-0.2, -0.15) is 0 Å². The van der Waals surface area contributed by atoms with E-state index in [0.29, 0.717) is 5.75 Å². The molecule has 4 aromatic rings. The van der Waals surface area contributed by atoms with Crippen molar-refractivity contribution >= 4 is 23.4 Å². The van der Waals surface area contributed by atoms with Gasteiger partial charge in [-0.25, -0.2) is 0 Å². The Kier molecular flexibility index (Phi) is 4.96. The third-order valence-corrected chi connectivity index (χ3v) is 7.91. The Balaban J connectivity index is 1.55. The summed E-state index contributed by atoms with van der Waals surface area (Å²) in [4.78, 5) is 16.8. The van der Waals surface area contributed by atoms with Gasteiger partial charge < -0.3 is 4.74 Å². The molecule has 0 aromatic heterocycles. The molecule has 0 bridgehead atoms. The van der Waals surface area contributed by atoms with E-state index in [2.05, 4.69) is 48.5 Å². The van der Waals surface area contributed by atoms with Crippen LogP contribution in [0.2, 0.25) is 0 Å². The van der Waals surface area contributed by atoms with E-state index < -0.39 is 11.6 Å². The van der Waals surface area contributed by atoms with Gasteiger partial charge in [-0.1, -0.05) is 91.0 Å². The summed E-state index contributed by atoms with van der Waals surface area (Å²) in [5.74, 6) is 0.719. The van der Waals surface area contributed by atoms with Crippen molar-refractivity contribution in [2.24, 2.45) is 0 Å². The molecule has 4 aromatic carbocycles. The minimum atomic E-state index is -0.603. The van der Waals surface area contributed by atoms with E-state index in [1.807, 2.05) is 83.4 Å². The van der Waals surface area contributed by atoms with Crippen LogP contribution in [-0.4, -0.2) is 12.0 Å². The fraction of sp³-hybridized carbons (Fsp3) is 0.138. The smallest absolute Gasteiger partial charge is 0.271 e. The van der Waals surface area contributed by atoms with E-state index >= 15 is 0 Å². The fourth-order valence-corrected chi connectivity index (χ4v) is 6.46. The SMILES string of the molecule is O=C1C(Oc2ccccc2)[C@]2(c3ccccc3)C[C@H](c3ccccc3)Sc3ccccc3N12. The minimum Gasteiger partial charge on any atom is -0.478 e. The second-order valence-electron chi connectivity index (χ2n) is 8.46. The van der Waals surface area contributed by atoms with Gasteiger partial charge in [0.15, 0.2) is 0 Å². The summed E-state index contributed by atoms with van der Waals surface area (Å²) in [6, 6.07) is 38.9. The largest absolute Gasteiger partial charge is 0.478 e. The van der Waals surface area contributed by atoms with Gasteiger partial charge >= 0.3 is 0 Å². The highest BCUT2D eigenvalue weighted by molar-refractivity contribution is 7.99. The Morgan fingerprint density at radius 2 is 1.36 bits per heavy atom. The predicted octanol–water partition coefficient (Wildman–Crippen LogP) is 6.61. The molecule has 0 N–H and O–H groups in total. The maximum Gasteiger partial charge on any atom is 0.271 e. The number of fused-ring (bicyclic) bond motifs is 3. The van der Waals surface area contributed by atoms with E-state index in [4.69, 9.17) is 4.74 Å². The Morgan fingerprint density at radius 1 is 0.758 bits per heavy atom. The van der Waals surface area contributed by atoms with Crippen LogP contribution < -0.4 is 9.64 Å². The molecular weight excluding hydrogens is 426 g/mol. The number of carbonyl (C=O) groups excluding carboxylic acids is 1. The molecule has 1 fully saturated rings. The highest BCUT2D eigenvalue weighted by atomic mass is 32.2. The molecule has 3 nitrogen and oxygen atoms in total. The summed E-state index contributed by atoms with van der Waals surface area (Å²) >= 11 is 1.83. The van der Waals surface area contributed by atoms with Crippen molar-refractivity contribution in [2.75, 3.05) is 4.90 Å². The number of hydrogen-bond donors (Lipinski definition) is 0. The van der Waals surface area contributed by atoms with Gasteiger partial charge in [0, 0.05) is 10.1 Å². The summed E-state index contributed by atoms with van der Waals surface area (Å²) in [5, 5.41) is 0.174. The topological polar surface area (TPSA) is 29.5 Å². The summed E-state index contributed by atoms with van der Waals surface area (Å²) < 4.78 is 6.44. The zero-order chi connectivity index (χ0) is 22.3. The number of nitrogens with zero attached hydrogens (tertiary/aromatic N) is 1. The van der Waals surface area contributed by atoms with Crippen molar-refractivity contribution in [3.8, 4) is 5.75 Å². The van der Waals surface area contributed by atoms with Crippen LogP contribution in [0.5, 0.6) is 5.75 Å². The number of benzene rings is 4. The number of anilines is 1. The molecule has 2 aliphatic rings. The van der Waals surface area contributed by atoms with Crippen LogP contribution in [0, 0.1) is 0 Å². The Morgan fingerprint density at radius 3 is 2.09 bits per heavy atom. The number of carbonyl (C=O) groups is 1. The summed E-state index contributed by atoms with van der Waals surface area (Å²) in [7, 11) is 0. The molecule has 2 heterocycles. The Bertz CT molecular complexity index is 1280. The Labute approximate surface area is 198 Å². The van der Waals surface area contributed by atoms with Crippen molar-refractivity contribution in [2.45, 2.75) is 28.2 Å². The number of para-hydroxylation sites is 2. The van der Waals surface area contributed by atoms with Crippen LogP contribution in [-0.2, 0) is 10.3 Å². The first-order valence-corrected chi connectivity index (χ1v) is 12.1. The zero-order valence-electron chi connectivity index (χ0n) is 18.0. The van der Waals surface area contributed by atoms with Crippen LogP contribution in [0.1, 0.15) is 22.8 Å². The molecule has 1 unspecified atom stereocenters. The van der Waals surface area contributed by atoms with E-state index in [0.717, 1.165) is 22.6 Å². The van der Waals surface area contributed by atoms with Gasteiger partial charge in [0.2, 0.25) is 6.10 Å². The summed E-state index contributed by atoms with van der Waals surface area (Å²) in [5.41, 5.74) is 2.72. The summed E-state index contributed by atoms with van der Waals surface area (Å²) in [6.07, 6.45) is 0.157. The summed E-state index contributed by atoms with van der Waals surface area (Å²) in [6.45, 7) is 0. The van der Waals surface area contributed by atoms with Gasteiger partial charge in [-0.15, -0.1) is 11.8 Å². The molecule has 0 aliphatic carbocycles. The van der Waals surface area contributed by atoms with Crippen molar-refractivity contribution in [1.82, 2.24) is 0 Å². The van der Waals surface area contributed by atoms with E-state index in [1.165, 1.54) is 5.56 Å².